The minimum Gasteiger partial charge on any atom is -0.444 e. The molecule has 0 fully saturated rings. The van der Waals surface area contributed by atoms with E-state index in [4.69, 9.17) is 9.47 Å². The monoisotopic (exact) mass is 328 g/mol. The van der Waals surface area contributed by atoms with E-state index < -0.39 is 11.7 Å². The Balaban J connectivity index is 3.40. The van der Waals surface area contributed by atoms with Crippen molar-refractivity contribution in [2.24, 2.45) is 0 Å². The van der Waals surface area contributed by atoms with Gasteiger partial charge in [0.05, 0.1) is 13.2 Å². The highest BCUT2D eigenvalue weighted by molar-refractivity contribution is 5.75. The molecule has 2 amide bonds. The number of unbranched alkanes of at least 4 members (excludes halogenated alkanes) is 1. The van der Waals surface area contributed by atoms with Crippen LogP contribution in [0.1, 0.15) is 53.4 Å². The molecule has 0 aromatic rings. The van der Waals surface area contributed by atoms with E-state index in [-0.39, 0.29) is 5.91 Å². The fourth-order valence-corrected chi connectivity index (χ4v) is 1.66. The molecule has 0 unspecified atom stereocenters. The predicted molar refractivity (Wildman–Crippen MR) is 91.3 cm³/mol. The van der Waals surface area contributed by atoms with Gasteiger partial charge in [-0.25, -0.2) is 4.79 Å². The molecule has 6 heteroatoms. The van der Waals surface area contributed by atoms with Gasteiger partial charge in [-0.05, 0) is 40.0 Å². The zero-order valence-corrected chi connectivity index (χ0v) is 14.9. The van der Waals surface area contributed by atoms with Crippen LogP contribution in [0.3, 0.4) is 0 Å². The van der Waals surface area contributed by atoms with Crippen LogP contribution < -0.4 is 10.6 Å². The first-order valence-corrected chi connectivity index (χ1v) is 8.31. The number of carbonyl (C=O) groups is 2. The first-order chi connectivity index (χ1) is 10.8. The third-order valence-electron chi connectivity index (χ3n) is 2.66. The van der Waals surface area contributed by atoms with Crippen molar-refractivity contribution in [3.05, 3.63) is 12.2 Å². The van der Waals surface area contributed by atoms with Crippen LogP contribution >= 0.6 is 0 Å². The van der Waals surface area contributed by atoms with Crippen LogP contribution in [0.4, 0.5) is 4.79 Å². The van der Waals surface area contributed by atoms with E-state index in [0.29, 0.717) is 32.7 Å². The fourth-order valence-electron chi connectivity index (χ4n) is 1.66. The highest BCUT2D eigenvalue weighted by atomic mass is 16.6. The summed E-state index contributed by atoms with van der Waals surface area (Å²) in [5, 5.41) is 5.41. The van der Waals surface area contributed by atoms with Crippen LogP contribution in [0.5, 0.6) is 0 Å². The molecule has 6 nitrogen and oxygen atoms in total. The van der Waals surface area contributed by atoms with Crippen molar-refractivity contribution in [1.29, 1.82) is 0 Å². The zero-order chi connectivity index (χ0) is 17.6. The lowest BCUT2D eigenvalue weighted by Crippen LogP contribution is -2.34. The number of hydrogen-bond acceptors (Lipinski definition) is 4. The first kappa shape index (κ1) is 21.4. The molecular weight excluding hydrogens is 296 g/mol. The Bertz CT molecular complexity index is 362. The average molecular weight is 328 g/mol. The van der Waals surface area contributed by atoms with E-state index in [0.717, 1.165) is 19.3 Å². The van der Waals surface area contributed by atoms with Crippen LogP contribution in [0.15, 0.2) is 12.2 Å². The van der Waals surface area contributed by atoms with Gasteiger partial charge in [-0.3, -0.25) is 4.79 Å². The Morgan fingerprint density at radius 1 is 1.04 bits per heavy atom. The standard InChI is InChI=1S/C17H32N2O4/c1-5-6-7-8-9-10-15(20)18-11-13-22-14-12-19-16(21)23-17(2,3)4/h6-7H,5,8-14H2,1-4H3,(H,18,20)(H,19,21)/b7-6-. The molecule has 0 saturated heterocycles. The van der Waals surface area contributed by atoms with Crippen molar-refractivity contribution < 1.29 is 19.1 Å². The number of nitrogens with one attached hydrogen (secondary N) is 2. The molecule has 0 radical (unpaired) electrons. The van der Waals surface area contributed by atoms with E-state index in [1.807, 2.05) is 20.8 Å². The second-order valence-electron chi connectivity index (χ2n) is 6.16. The molecule has 0 bridgehead atoms. The summed E-state index contributed by atoms with van der Waals surface area (Å²) in [6.45, 7) is 9.20. The molecule has 2 N–H and O–H groups in total. The highest BCUT2D eigenvalue weighted by Gasteiger charge is 2.15. The third-order valence-corrected chi connectivity index (χ3v) is 2.66. The number of carbonyl (C=O) groups excluding carboxylic acids is 2. The summed E-state index contributed by atoms with van der Waals surface area (Å²) in [6, 6.07) is 0. The molecule has 0 atom stereocenters. The maximum atomic E-state index is 11.5. The molecule has 23 heavy (non-hydrogen) atoms. The van der Waals surface area contributed by atoms with Crippen molar-refractivity contribution in [2.75, 3.05) is 26.3 Å². The fraction of sp³-hybridized carbons (Fsp3) is 0.765. The maximum Gasteiger partial charge on any atom is 0.407 e. The van der Waals surface area contributed by atoms with Gasteiger partial charge in [0.15, 0.2) is 0 Å². The molecule has 0 aliphatic carbocycles. The summed E-state index contributed by atoms with van der Waals surface area (Å²) < 4.78 is 10.4. The second-order valence-corrected chi connectivity index (χ2v) is 6.16. The van der Waals surface area contributed by atoms with Crippen molar-refractivity contribution in [1.82, 2.24) is 10.6 Å². The molecule has 0 aromatic carbocycles. The van der Waals surface area contributed by atoms with E-state index in [1.165, 1.54) is 0 Å². The Morgan fingerprint density at radius 2 is 1.70 bits per heavy atom. The van der Waals surface area contributed by atoms with Crippen molar-refractivity contribution >= 4 is 12.0 Å². The van der Waals surface area contributed by atoms with E-state index in [9.17, 15) is 9.59 Å². The van der Waals surface area contributed by atoms with E-state index >= 15 is 0 Å². The normalized spacial score (nSPS) is 11.5. The molecule has 0 aromatic heterocycles. The molecule has 134 valence electrons. The molecule has 0 aliphatic rings. The minimum atomic E-state index is -0.498. The van der Waals surface area contributed by atoms with Crippen molar-refractivity contribution in [3.63, 3.8) is 0 Å². The number of rotatable bonds is 11. The molecule has 0 heterocycles. The van der Waals surface area contributed by atoms with Crippen LogP contribution in [-0.4, -0.2) is 43.9 Å². The van der Waals surface area contributed by atoms with Crippen LogP contribution in [0, 0.1) is 0 Å². The predicted octanol–water partition coefficient (Wildman–Crippen LogP) is 2.78. The van der Waals surface area contributed by atoms with Crippen LogP contribution in [0.2, 0.25) is 0 Å². The highest BCUT2D eigenvalue weighted by Crippen LogP contribution is 2.06. The van der Waals surface area contributed by atoms with Crippen molar-refractivity contribution in [2.45, 2.75) is 59.0 Å². The van der Waals surface area contributed by atoms with Gasteiger partial charge in [0.1, 0.15) is 5.60 Å². The molecule has 0 aliphatic heterocycles. The zero-order valence-electron chi connectivity index (χ0n) is 14.9. The lowest BCUT2D eigenvalue weighted by molar-refractivity contribution is -0.121. The summed E-state index contributed by atoms with van der Waals surface area (Å²) in [5.74, 6) is 0.0466. The number of hydrogen-bond donors (Lipinski definition) is 2. The maximum absolute atomic E-state index is 11.5. The Morgan fingerprint density at radius 3 is 2.30 bits per heavy atom. The summed E-state index contributed by atoms with van der Waals surface area (Å²) >= 11 is 0. The van der Waals surface area contributed by atoms with Gasteiger partial charge in [-0.2, -0.15) is 0 Å². The van der Waals surface area contributed by atoms with Gasteiger partial charge in [-0.1, -0.05) is 19.1 Å². The summed E-state index contributed by atoms with van der Waals surface area (Å²) in [6.07, 6.45) is 7.13. The summed E-state index contributed by atoms with van der Waals surface area (Å²) in [5.41, 5.74) is -0.498. The first-order valence-electron chi connectivity index (χ1n) is 8.31. The molecular formula is C17H32N2O4. The Kier molecular flexibility index (Phi) is 12.1. The molecule has 0 spiro atoms. The van der Waals surface area contributed by atoms with Gasteiger partial charge >= 0.3 is 6.09 Å². The van der Waals surface area contributed by atoms with Gasteiger partial charge in [0.2, 0.25) is 5.91 Å². The van der Waals surface area contributed by atoms with E-state index in [2.05, 4.69) is 29.7 Å². The summed E-state index contributed by atoms with van der Waals surface area (Å²) in [7, 11) is 0. The second kappa shape index (κ2) is 12.9. The van der Waals surface area contributed by atoms with Crippen LogP contribution in [-0.2, 0) is 14.3 Å². The quantitative estimate of drug-likeness (QED) is 0.452. The number of allylic oxidation sites excluding steroid dienone is 2. The largest absolute Gasteiger partial charge is 0.444 e. The van der Waals surface area contributed by atoms with Gasteiger partial charge in [-0.15, -0.1) is 0 Å². The average Bonchev–Trinajstić information content (AvgIpc) is 2.44. The SMILES string of the molecule is CC/C=C\CCCC(=O)NCCOCCNC(=O)OC(C)(C)C. The topological polar surface area (TPSA) is 76.7 Å². The Labute approximate surface area is 140 Å². The number of ether oxygens (including phenoxy) is 2. The van der Waals surface area contributed by atoms with E-state index in [1.54, 1.807) is 0 Å². The van der Waals surface area contributed by atoms with Crippen LogP contribution in [0.25, 0.3) is 0 Å². The number of amides is 2. The lowest BCUT2D eigenvalue weighted by atomic mass is 10.2. The Hall–Kier alpha value is -1.56. The van der Waals surface area contributed by atoms with Gasteiger partial charge < -0.3 is 20.1 Å². The minimum absolute atomic E-state index is 0.0466. The van der Waals surface area contributed by atoms with Crippen molar-refractivity contribution in [3.8, 4) is 0 Å². The van der Waals surface area contributed by atoms with Gasteiger partial charge in [0, 0.05) is 19.5 Å². The number of alkyl carbamates (subject to hydrolysis) is 1. The molecule has 0 saturated carbocycles. The third kappa shape index (κ3) is 16.6. The summed E-state index contributed by atoms with van der Waals surface area (Å²) in [4.78, 5) is 22.9. The smallest absolute Gasteiger partial charge is 0.407 e. The van der Waals surface area contributed by atoms with Gasteiger partial charge in [0.25, 0.3) is 0 Å². The lowest BCUT2D eigenvalue weighted by Gasteiger charge is -2.19. The molecule has 0 rings (SSSR count).